The van der Waals surface area contributed by atoms with Crippen LogP contribution in [0, 0.1) is 11.8 Å². The first-order valence-corrected chi connectivity index (χ1v) is 8.24. The van der Waals surface area contributed by atoms with Crippen molar-refractivity contribution in [3.05, 3.63) is 0 Å². The van der Waals surface area contributed by atoms with E-state index in [2.05, 4.69) is 36.3 Å². The third-order valence-electron chi connectivity index (χ3n) is 4.27. The lowest BCUT2D eigenvalue weighted by atomic mass is 9.98. The topological polar surface area (TPSA) is 53.6 Å². The third kappa shape index (κ3) is 7.79. The fourth-order valence-corrected chi connectivity index (χ4v) is 2.61. The number of amides is 1. The summed E-state index contributed by atoms with van der Waals surface area (Å²) in [5.74, 6) is 1.28. The Morgan fingerprint density at radius 2 is 2.14 bits per heavy atom. The SMILES string of the molecule is COCCNCC1CCCN(CC(=O)NC(C)C(C)C)C1. The molecule has 0 spiro atoms. The van der Waals surface area contributed by atoms with Gasteiger partial charge >= 0.3 is 0 Å². The van der Waals surface area contributed by atoms with Gasteiger partial charge in [-0.1, -0.05) is 13.8 Å². The van der Waals surface area contributed by atoms with Crippen molar-refractivity contribution in [1.29, 1.82) is 0 Å². The van der Waals surface area contributed by atoms with E-state index in [1.54, 1.807) is 7.11 Å². The largest absolute Gasteiger partial charge is 0.383 e. The fourth-order valence-electron chi connectivity index (χ4n) is 2.61. The van der Waals surface area contributed by atoms with Crippen LogP contribution >= 0.6 is 0 Å². The first-order chi connectivity index (χ1) is 10.0. The minimum atomic E-state index is 0.157. The van der Waals surface area contributed by atoms with Crippen LogP contribution in [0.3, 0.4) is 0 Å². The van der Waals surface area contributed by atoms with Crippen molar-refractivity contribution in [1.82, 2.24) is 15.5 Å². The molecule has 21 heavy (non-hydrogen) atoms. The van der Waals surface area contributed by atoms with E-state index in [9.17, 15) is 4.79 Å². The minimum Gasteiger partial charge on any atom is -0.383 e. The second-order valence-electron chi connectivity index (χ2n) is 6.54. The van der Waals surface area contributed by atoms with Gasteiger partial charge in [-0.05, 0) is 44.7 Å². The Balaban J connectivity index is 2.24. The molecule has 0 aromatic rings. The zero-order valence-electron chi connectivity index (χ0n) is 14.2. The molecule has 124 valence electrons. The molecule has 1 aliphatic heterocycles. The number of hydrogen-bond donors (Lipinski definition) is 2. The molecule has 1 aliphatic rings. The van der Waals surface area contributed by atoms with Gasteiger partial charge in [0.15, 0.2) is 0 Å². The quantitative estimate of drug-likeness (QED) is 0.626. The van der Waals surface area contributed by atoms with Crippen molar-refractivity contribution < 1.29 is 9.53 Å². The Labute approximate surface area is 129 Å². The molecule has 2 atom stereocenters. The zero-order chi connectivity index (χ0) is 15.7. The van der Waals surface area contributed by atoms with Crippen molar-refractivity contribution in [2.24, 2.45) is 11.8 Å². The van der Waals surface area contributed by atoms with E-state index >= 15 is 0 Å². The first kappa shape index (κ1) is 18.4. The van der Waals surface area contributed by atoms with Crippen molar-refractivity contribution in [3.8, 4) is 0 Å². The highest BCUT2D eigenvalue weighted by Crippen LogP contribution is 2.15. The van der Waals surface area contributed by atoms with Gasteiger partial charge in [-0.15, -0.1) is 0 Å². The Bertz CT molecular complexity index is 297. The van der Waals surface area contributed by atoms with Crippen LogP contribution in [0.4, 0.5) is 0 Å². The summed E-state index contributed by atoms with van der Waals surface area (Å²) in [4.78, 5) is 14.3. The number of carbonyl (C=O) groups excluding carboxylic acids is 1. The molecule has 0 aliphatic carbocycles. The van der Waals surface area contributed by atoms with Crippen LogP contribution in [0.25, 0.3) is 0 Å². The highest BCUT2D eigenvalue weighted by molar-refractivity contribution is 5.78. The summed E-state index contributed by atoms with van der Waals surface area (Å²) in [6, 6.07) is 0.244. The molecule has 2 N–H and O–H groups in total. The smallest absolute Gasteiger partial charge is 0.234 e. The van der Waals surface area contributed by atoms with Gasteiger partial charge in [0.1, 0.15) is 0 Å². The van der Waals surface area contributed by atoms with E-state index in [1.165, 1.54) is 12.8 Å². The molecular weight excluding hydrogens is 266 g/mol. The number of hydrogen-bond acceptors (Lipinski definition) is 4. The average Bonchev–Trinajstić information content (AvgIpc) is 2.43. The number of piperidine rings is 1. The molecule has 1 saturated heterocycles. The molecule has 1 heterocycles. The molecule has 1 amide bonds. The second-order valence-corrected chi connectivity index (χ2v) is 6.54. The lowest BCUT2D eigenvalue weighted by Gasteiger charge is -2.32. The van der Waals surface area contributed by atoms with Crippen LogP contribution in [0.1, 0.15) is 33.6 Å². The van der Waals surface area contributed by atoms with Crippen LogP contribution in [0.2, 0.25) is 0 Å². The van der Waals surface area contributed by atoms with Gasteiger partial charge in [0, 0.05) is 26.2 Å². The summed E-state index contributed by atoms with van der Waals surface area (Å²) in [5, 5.41) is 6.51. The summed E-state index contributed by atoms with van der Waals surface area (Å²) in [7, 11) is 1.72. The minimum absolute atomic E-state index is 0.157. The van der Waals surface area contributed by atoms with Crippen LogP contribution in [-0.2, 0) is 9.53 Å². The number of methoxy groups -OCH3 is 1. The average molecular weight is 299 g/mol. The Kier molecular flexibility index (Phi) is 8.88. The highest BCUT2D eigenvalue weighted by atomic mass is 16.5. The predicted octanol–water partition coefficient (Wildman–Crippen LogP) is 1.10. The van der Waals surface area contributed by atoms with Gasteiger partial charge < -0.3 is 15.4 Å². The summed E-state index contributed by atoms with van der Waals surface area (Å²) in [6.45, 7) is 11.6. The standard InChI is InChI=1S/C16H33N3O2/c1-13(2)14(3)18-16(20)12-19-8-5-6-15(11-19)10-17-7-9-21-4/h13-15,17H,5-12H2,1-4H3,(H,18,20). The molecule has 1 fully saturated rings. The van der Waals surface area contributed by atoms with E-state index in [4.69, 9.17) is 4.74 Å². The fraction of sp³-hybridized carbons (Fsp3) is 0.938. The molecule has 0 saturated carbocycles. The van der Waals surface area contributed by atoms with Gasteiger partial charge in [-0.25, -0.2) is 0 Å². The molecular formula is C16H33N3O2. The maximum Gasteiger partial charge on any atom is 0.234 e. The van der Waals surface area contributed by atoms with Gasteiger partial charge in [0.25, 0.3) is 0 Å². The molecule has 2 unspecified atom stereocenters. The molecule has 0 radical (unpaired) electrons. The van der Waals surface area contributed by atoms with Gasteiger partial charge in [-0.3, -0.25) is 9.69 Å². The zero-order valence-corrected chi connectivity index (χ0v) is 14.2. The first-order valence-electron chi connectivity index (χ1n) is 8.24. The molecule has 1 rings (SSSR count). The van der Waals surface area contributed by atoms with Gasteiger partial charge in [-0.2, -0.15) is 0 Å². The predicted molar refractivity (Wildman–Crippen MR) is 86.4 cm³/mol. The molecule has 5 nitrogen and oxygen atoms in total. The normalized spacial score (nSPS) is 21.5. The van der Waals surface area contributed by atoms with Gasteiger partial charge in [0.2, 0.25) is 5.91 Å². The van der Waals surface area contributed by atoms with Crippen LogP contribution in [0.15, 0.2) is 0 Å². The van der Waals surface area contributed by atoms with Crippen LogP contribution in [-0.4, -0.2) is 63.3 Å². The van der Waals surface area contributed by atoms with Crippen molar-refractivity contribution in [2.45, 2.75) is 39.7 Å². The molecule has 5 heteroatoms. The van der Waals surface area contributed by atoms with E-state index in [-0.39, 0.29) is 11.9 Å². The summed E-state index contributed by atoms with van der Waals surface area (Å²) in [6.07, 6.45) is 2.43. The van der Waals surface area contributed by atoms with E-state index < -0.39 is 0 Å². The summed E-state index contributed by atoms with van der Waals surface area (Å²) >= 11 is 0. The van der Waals surface area contributed by atoms with Crippen molar-refractivity contribution in [2.75, 3.05) is 46.4 Å². The number of likely N-dealkylation sites (tertiary alicyclic amines) is 1. The maximum atomic E-state index is 12.0. The van der Waals surface area contributed by atoms with Crippen molar-refractivity contribution in [3.63, 3.8) is 0 Å². The van der Waals surface area contributed by atoms with E-state index in [0.717, 1.165) is 32.8 Å². The Morgan fingerprint density at radius 3 is 2.81 bits per heavy atom. The number of nitrogens with one attached hydrogen (secondary N) is 2. The molecule has 0 aromatic heterocycles. The summed E-state index contributed by atoms with van der Waals surface area (Å²) in [5.41, 5.74) is 0. The number of ether oxygens (including phenoxy) is 1. The lowest BCUT2D eigenvalue weighted by Crippen LogP contribution is -2.47. The van der Waals surface area contributed by atoms with Crippen molar-refractivity contribution >= 4 is 5.91 Å². The van der Waals surface area contributed by atoms with E-state index in [1.807, 2.05) is 0 Å². The lowest BCUT2D eigenvalue weighted by molar-refractivity contribution is -0.123. The Hall–Kier alpha value is -0.650. The molecule has 0 bridgehead atoms. The van der Waals surface area contributed by atoms with Gasteiger partial charge in [0.05, 0.1) is 13.2 Å². The third-order valence-corrected chi connectivity index (χ3v) is 4.27. The second kappa shape index (κ2) is 10.1. The number of rotatable bonds is 9. The Morgan fingerprint density at radius 1 is 1.38 bits per heavy atom. The van der Waals surface area contributed by atoms with Crippen LogP contribution < -0.4 is 10.6 Å². The number of nitrogens with zero attached hydrogens (tertiary/aromatic N) is 1. The maximum absolute atomic E-state index is 12.0. The summed E-state index contributed by atoms with van der Waals surface area (Å²) < 4.78 is 5.04. The highest BCUT2D eigenvalue weighted by Gasteiger charge is 2.22. The van der Waals surface area contributed by atoms with Crippen LogP contribution in [0.5, 0.6) is 0 Å². The monoisotopic (exact) mass is 299 g/mol. The van der Waals surface area contributed by atoms with E-state index in [0.29, 0.717) is 18.4 Å². The number of carbonyl (C=O) groups is 1. The molecule has 0 aromatic carbocycles.